The second-order valence-electron chi connectivity index (χ2n) is 5.24. The minimum atomic E-state index is -0.943. The van der Waals surface area contributed by atoms with Crippen LogP contribution in [-0.4, -0.2) is 5.11 Å². The number of rotatable bonds is 2. The summed E-state index contributed by atoms with van der Waals surface area (Å²) in [5.41, 5.74) is 5.37. The highest BCUT2D eigenvalue weighted by atomic mass is 79.9. The van der Waals surface area contributed by atoms with E-state index < -0.39 is 11.9 Å². The molecule has 0 saturated carbocycles. The molecule has 0 saturated heterocycles. The summed E-state index contributed by atoms with van der Waals surface area (Å²) in [5.74, 6) is -0.398. The van der Waals surface area contributed by atoms with Crippen molar-refractivity contribution in [1.29, 1.82) is 0 Å². The maximum atomic E-state index is 14.1. The first-order valence-electron chi connectivity index (χ1n) is 6.53. The third-order valence-electron chi connectivity index (χ3n) is 3.95. The normalized spacial score (nSPS) is 12.6. The molecule has 2 aromatic carbocycles. The Kier molecular flexibility index (Phi) is 4.31. The fraction of sp³-hybridized carbons (Fsp3) is 0.294. The van der Waals surface area contributed by atoms with Crippen LogP contribution in [0.5, 0.6) is 0 Å². The van der Waals surface area contributed by atoms with E-state index in [0.717, 1.165) is 27.8 Å². The molecule has 0 radical (unpaired) electrons. The molecule has 106 valence electrons. The van der Waals surface area contributed by atoms with Crippen molar-refractivity contribution in [2.24, 2.45) is 0 Å². The van der Waals surface area contributed by atoms with E-state index in [-0.39, 0.29) is 0 Å². The highest BCUT2D eigenvalue weighted by Crippen LogP contribution is 2.33. The summed E-state index contributed by atoms with van der Waals surface area (Å²) in [6.45, 7) is 7.96. The molecule has 0 fully saturated rings. The van der Waals surface area contributed by atoms with Crippen molar-refractivity contribution >= 4 is 15.9 Å². The maximum absolute atomic E-state index is 14.1. The molecule has 2 aromatic rings. The lowest BCUT2D eigenvalue weighted by molar-refractivity contribution is 0.213. The van der Waals surface area contributed by atoms with E-state index in [1.807, 2.05) is 27.7 Å². The first-order chi connectivity index (χ1) is 9.32. The van der Waals surface area contributed by atoms with Crippen LogP contribution in [0.15, 0.2) is 28.7 Å². The lowest BCUT2D eigenvalue weighted by Gasteiger charge is -2.21. The van der Waals surface area contributed by atoms with Crippen LogP contribution in [0.25, 0.3) is 0 Å². The number of hydrogen-bond donors (Lipinski definition) is 1. The van der Waals surface area contributed by atoms with Crippen LogP contribution in [0.2, 0.25) is 0 Å². The van der Waals surface area contributed by atoms with Gasteiger partial charge in [0.1, 0.15) is 11.9 Å². The van der Waals surface area contributed by atoms with Crippen LogP contribution in [0.1, 0.15) is 39.5 Å². The second kappa shape index (κ2) is 5.66. The average molecular weight is 337 g/mol. The van der Waals surface area contributed by atoms with Gasteiger partial charge in [0.25, 0.3) is 0 Å². The summed E-state index contributed by atoms with van der Waals surface area (Å²) >= 11 is 3.23. The van der Waals surface area contributed by atoms with Crippen molar-refractivity contribution in [3.8, 4) is 0 Å². The fourth-order valence-corrected chi connectivity index (χ4v) is 2.87. The molecule has 3 heteroatoms. The Hall–Kier alpha value is -1.19. The van der Waals surface area contributed by atoms with Crippen LogP contribution in [0.3, 0.4) is 0 Å². The van der Waals surface area contributed by atoms with Crippen LogP contribution in [-0.2, 0) is 0 Å². The lowest BCUT2D eigenvalue weighted by atomic mass is 9.88. The van der Waals surface area contributed by atoms with E-state index in [4.69, 9.17) is 0 Å². The average Bonchev–Trinajstić information content (AvgIpc) is 2.36. The number of aliphatic hydroxyl groups is 1. The van der Waals surface area contributed by atoms with Gasteiger partial charge in [-0.25, -0.2) is 4.39 Å². The number of benzene rings is 2. The molecule has 0 aliphatic heterocycles. The topological polar surface area (TPSA) is 20.2 Å². The van der Waals surface area contributed by atoms with Gasteiger partial charge in [0, 0.05) is 10.0 Å². The Labute approximate surface area is 127 Å². The molecule has 20 heavy (non-hydrogen) atoms. The van der Waals surface area contributed by atoms with Crippen LogP contribution in [0, 0.1) is 33.5 Å². The van der Waals surface area contributed by atoms with E-state index in [2.05, 4.69) is 22.0 Å². The third-order valence-corrected chi connectivity index (χ3v) is 4.45. The number of halogens is 2. The molecular formula is C17H18BrFO. The summed E-state index contributed by atoms with van der Waals surface area (Å²) in [5, 5.41) is 10.6. The molecule has 1 unspecified atom stereocenters. The van der Waals surface area contributed by atoms with Gasteiger partial charge in [0.2, 0.25) is 0 Å². The molecule has 0 aliphatic carbocycles. The minimum absolute atomic E-state index is 0.310. The van der Waals surface area contributed by atoms with Gasteiger partial charge in [-0.2, -0.15) is 0 Å². The van der Waals surface area contributed by atoms with Gasteiger partial charge in [-0.05, 0) is 67.6 Å². The summed E-state index contributed by atoms with van der Waals surface area (Å²) in [7, 11) is 0. The van der Waals surface area contributed by atoms with Gasteiger partial charge in [-0.3, -0.25) is 0 Å². The van der Waals surface area contributed by atoms with Crippen LogP contribution >= 0.6 is 15.9 Å². The van der Waals surface area contributed by atoms with Crippen molar-refractivity contribution in [2.45, 2.75) is 33.8 Å². The molecule has 0 amide bonds. The summed E-state index contributed by atoms with van der Waals surface area (Å²) in [6, 6.07) is 6.85. The van der Waals surface area contributed by atoms with Crippen LogP contribution < -0.4 is 0 Å². The Morgan fingerprint density at radius 3 is 2.05 bits per heavy atom. The lowest BCUT2D eigenvalue weighted by Crippen LogP contribution is -2.09. The number of aliphatic hydroxyl groups excluding tert-OH is 1. The van der Waals surface area contributed by atoms with Gasteiger partial charge < -0.3 is 5.11 Å². The molecule has 2 rings (SSSR count). The smallest absolute Gasteiger partial charge is 0.130 e. The molecule has 0 spiro atoms. The van der Waals surface area contributed by atoms with Crippen LogP contribution in [0.4, 0.5) is 4.39 Å². The SMILES string of the molecule is Cc1cc(C)c(C)c(C(O)c2ccc(Br)cc2F)c1C. The zero-order valence-corrected chi connectivity index (χ0v) is 13.7. The molecule has 1 nitrogen and oxygen atoms in total. The third kappa shape index (κ3) is 2.65. The first kappa shape index (κ1) is 15.2. The zero-order valence-electron chi connectivity index (χ0n) is 12.1. The van der Waals surface area contributed by atoms with Crippen molar-refractivity contribution in [2.75, 3.05) is 0 Å². The molecule has 0 aromatic heterocycles. The predicted octanol–water partition coefficient (Wildman–Crippen LogP) is 4.90. The predicted molar refractivity (Wildman–Crippen MR) is 83.6 cm³/mol. The van der Waals surface area contributed by atoms with E-state index in [0.29, 0.717) is 10.0 Å². The Morgan fingerprint density at radius 2 is 1.55 bits per heavy atom. The van der Waals surface area contributed by atoms with E-state index >= 15 is 0 Å². The summed E-state index contributed by atoms with van der Waals surface area (Å²) < 4.78 is 14.7. The maximum Gasteiger partial charge on any atom is 0.130 e. The Morgan fingerprint density at radius 1 is 1.00 bits per heavy atom. The van der Waals surface area contributed by atoms with Crippen molar-refractivity contribution < 1.29 is 9.50 Å². The van der Waals surface area contributed by atoms with Gasteiger partial charge >= 0.3 is 0 Å². The van der Waals surface area contributed by atoms with Gasteiger partial charge in [-0.1, -0.05) is 28.1 Å². The monoisotopic (exact) mass is 336 g/mol. The standard InChI is InChI=1S/C17H18BrFO/c1-9-7-10(2)12(4)16(11(9)3)17(20)14-6-5-13(18)8-15(14)19/h5-8,17,20H,1-4H3. The molecule has 0 bridgehead atoms. The molecule has 1 N–H and O–H groups in total. The van der Waals surface area contributed by atoms with E-state index in [1.54, 1.807) is 12.1 Å². The number of hydrogen-bond acceptors (Lipinski definition) is 1. The van der Waals surface area contributed by atoms with Gasteiger partial charge in [0.15, 0.2) is 0 Å². The summed E-state index contributed by atoms with van der Waals surface area (Å²) in [6.07, 6.45) is -0.943. The van der Waals surface area contributed by atoms with Gasteiger partial charge in [-0.15, -0.1) is 0 Å². The second-order valence-corrected chi connectivity index (χ2v) is 6.16. The first-order valence-corrected chi connectivity index (χ1v) is 7.32. The van der Waals surface area contributed by atoms with E-state index in [1.165, 1.54) is 6.07 Å². The van der Waals surface area contributed by atoms with Crippen molar-refractivity contribution in [1.82, 2.24) is 0 Å². The van der Waals surface area contributed by atoms with Crippen molar-refractivity contribution in [3.05, 3.63) is 67.9 Å². The number of aryl methyl sites for hydroxylation is 2. The van der Waals surface area contributed by atoms with Crippen molar-refractivity contribution in [3.63, 3.8) is 0 Å². The molecule has 1 atom stereocenters. The zero-order chi connectivity index (χ0) is 15.0. The molecule has 0 heterocycles. The van der Waals surface area contributed by atoms with Gasteiger partial charge in [0.05, 0.1) is 0 Å². The Balaban J connectivity index is 2.62. The minimum Gasteiger partial charge on any atom is -0.384 e. The van der Waals surface area contributed by atoms with E-state index in [9.17, 15) is 9.50 Å². The summed E-state index contributed by atoms with van der Waals surface area (Å²) in [4.78, 5) is 0. The molecule has 0 aliphatic rings. The highest BCUT2D eigenvalue weighted by molar-refractivity contribution is 9.10. The Bertz CT molecular complexity index is 638. The quantitative estimate of drug-likeness (QED) is 0.826. The largest absolute Gasteiger partial charge is 0.384 e. The fourth-order valence-electron chi connectivity index (χ4n) is 2.54. The molecular weight excluding hydrogens is 319 g/mol. The highest BCUT2D eigenvalue weighted by Gasteiger charge is 2.21.